The number of benzene rings is 2. The van der Waals surface area contributed by atoms with Gasteiger partial charge in [-0.1, -0.05) is 18.2 Å². The Morgan fingerprint density at radius 2 is 1.56 bits per heavy atom. The second kappa shape index (κ2) is 14.1. The van der Waals surface area contributed by atoms with Crippen molar-refractivity contribution in [1.82, 2.24) is 15.6 Å². The minimum atomic E-state index is 0. The monoisotopic (exact) mass is 548 g/mol. The van der Waals surface area contributed by atoms with Gasteiger partial charge in [0.15, 0.2) is 5.96 Å². The highest BCUT2D eigenvalue weighted by atomic mass is 127. The number of methoxy groups -OCH3 is 1. The maximum atomic E-state index is 5.77. The van der Waals surface area contributed by atoms with Gasteiger partial charge in [0.05, 0.1) is 19.3 Å². The summed E-state index contributed by atoms with van der Waals surface area (Å²) in [6.45, 7) is 2.26. The fourth-order valence-electron chi connectivity index (χ4n) is 2.76. The number of hydrogen-bond donors (Lipinski definition) is 2. The summed E-state index contributed by atoms with van der Waals surface area (Å²) in [5.74, 6) is 3.14. The van der Waals surface area contributed by atoms with Gasteiger partial charge in [0.2, 0.25) is 0 Å². The molecule has 0 radical (unpaired) electrons. The molecular weight excluding hydrogens is 519 g/mol. The predicted octanol–water partition coefficient (Wildman–Crippen LogP) is 4.03. The van der Waals surface area contributed by atoms with E-state index < -0.39 is 0 Å². The average molecular weight is 548 g/mol. The molecule has 0 saturated heterocycles. The molecule has 0 bridgehead atoms. The molecule has 0 aliphatic rings. The molecule has 32 heavy (non-hydrogen) atoms. The van der Waals surface area contributed by atoms with Crippen LogP contribution < -0.4 is 24.8 Å². The number of pyridine rings is 1. The van der Waals surface area contributed by atoms with Gasteiger partial charge in [0, 0.05) is 19.8 Å². The molecular formula is C24H29IN4O3. The number of guanidine groups is 1. The van der Waals surface area contributed by atoms with E-state index in [0.717, 1.165) is 28.5 Å². The van der Waals surface area contributed by atoms with E-state index in [2.05, 4.69) is 20.6 Å². The first-order valence-electron chi connectivity index (χ1n) is 10.1. The lowest BCUT2D eigenvalue weighted by molar-refractivity contribution is 0.301. The summed E-state index contributed by atoms with van der Waals surface area (Å²) in [5, 5.41) is 6.53. The molecule has 8 heteroatoms. The fraction of sp³-hybridized carbons (Fsp3) is 0.250. The number of aromatic nitrogens is 1. The van der Waals surface area contributed by atoms with Crippen LogP contribution in [0.25, 0.3) is 0 Å². The van der Waals surface area contributed by atoms with Crippen molar-refractivity contribution < 1.29 is 14.2 Å². The summed E-state index contributed by atoms with van der Waals surface area (Å²) in [5.41, 5.74) is 2.03. The van der Waals surface area contributed by atoms with Crippen LogP contribution in [-0.4, -0.2) is 38.3 Å². The van der Waals surface area contributed by atoms with Crippen molar-refractivity contribution in [3.63, 3.8) is 0 Å². The Kier molecular flexibility index (Phi) is 11.1. The standard InChI is InChI=1S/C24H28N4O3.HI/c1-25-24(27-15-16-30-22-12-10-21(29-2)11-13-22)28-17-19-6-8-23(9-7-19)31-18-20-5-3-4-14-26-20;/h3-14H,15-18H2,1-2H3,(H2,25,27,28);1H. The fourth-order valence-corrected chi connectivity index (χ4v) is 2.76. The highest BCUT2D eigenvalue weighted by molar-refractivity contribution is 14.0. The molecule has 0 spiro atoms. The van der Waals surface area contributed by atoms with E-state index in [-0.39, 0.29) is 24.0 Å². The third-order valence-corrected chi connectivity index (χ3v) is 4.44. The first-order chi connectivity index (χ1) is 15.3. The molecule has 0 amide bonds. The normalized spacial score (nSPS) is 10.6. The lowest BCUT2D eigenvalue weighted by atomic mass is 10.2. The lowest BCUT2D eigenvalue weighted by Gasteiger charge is -2.13. The van der Waals surface area contributed by atoms with Crippen molar-refractivity contribution >= 4 is 29.9 Å². The largest absolute Gasteiger partial charge is 0.497 e. The van der Waals surface area contributed by atoms with Crippen LogP contribution >= 0.6 is 24.0 Å². The molecule has 0 atom stereocenters. The summed E-state index contributed by atoms with van der Waals surface area (Å²) < 4.78 is 16.6. The van der Waals surface area contributed by atoms with Crippen LogP contribution in [0.15, 0.2) is 77.9 Å². The molecule has 3 aromatic rings. The van der Waals surface area contributed by atoms with Crippen molar-refractivity contribution in [3.8, 4) is 17.2 Å². The molecule has 0 aliphatic heterocycles. The van der Waals surface area contributed by atoms with Crippen LogP contribution in [0.2, 0.25) is 0 Å². The number of nitrogens with zero attached hydrogens (tertiary/aromatic N) is 2. The third-order valence-electron chi connectivity index (χ3n) is 4.44. The van der Waals surface area contributed by atoms with E-state index in [4.69, 9.17) is 14.2 Å². The van der Waals surface area contributed by atoms with Crippen molar-refractivity contribution in [2.75, 3.05) is 27.3 Å². The van der Waals surface area contributed by atoms with E-state index >= 15 is 0 Å². The van der Waals surface area contributed by atoms with Gasteiger partial charge in [-0.15, -0.1) is 24.0 Å². The molecule has 0 aliphatic carbocycles. The highest BCUT2D eigenvalue weighted by Gasteiger charge is 2.01. The summed E-state index contributed by atoms with van der Waals surface area (Å²) in [4.78, 5) is 8.50. The maximum Gasteiger partial charge on any atom is 0.191 e. The Balaban J connectivity index is 0.00000363. The molecule has 0 fully saturated rings. The highest BCUT2D eigenvalue weighted by Crippen LogP contribution is 2.16. The van der Waals surface area contributed by atoms with Crippen LogP contribution in [0, 0.1) is 0 Å². The van der Waals surface area contributed by atoms with Crippen molar-refractivity contribution in [1.29, 1.82) is 0 Å². The molecule has 7 nitrogen and oxygen atoms in total. The van der Waals surface area contributed by atoms with E-state index in [9.17, 15) is 0 Å². The second-order valence-electron chi connectivity index (χ2n) is 6.63. The number of halogens is 1. The van der Waals surface area contributed by atoms with Crippen molar-refractivity contribution in [2.45, 2.75) is 13.2 Å². The van der Waals surface area contributed by atoms with Gasteiger partial charge in [0.25, 0.3) is 0 Å². The van der Waals surface area contributed by atoms with E-state index in [0.29, 0.717) is 32.3 Å². The van der Waals surface area contributed by atoms with Gasteiger partial charge in [-0.2, -0.15) is 0 Å². The zero-order valence-corrected chi connectivity index (χ0v) is 20.6. The Morgan fingerprint density at radius 3 is 2.22 bits per heavy atom. The molecule has 0 unspecified atom stereocenters. The van der Waals surface area contributed by atoms with E-state index in [1.807, 2.05) is 66.7 Å². The predicted molar refractivity (Wildman–Crippen MR) is 137 cm³/mol. The summed E-state index contributed by atoms with van der Waals surface area (Å²) in [7, 11) is 3.39. The van der Waals surface area contributed by atoms with Crippen molar-refractivity contribution in [3.05, 3.63) is 84.2 Å². The zero-order chi connectivity index (χ0) is 21.7. The van der Waals surface area contributed by atoms with Crippen molar-refractivity contribution in [2.24, 2.45) is 4.99 Å². The molecule has 2 aromatic carbocycles. The van der Waals surface area contributed by atoms with Gasteiger partial charge >= 0.3 is 0 Å². The average Bonchev–Trinajstić information content (AvgIpc) is 2.84. The van der Waals surface area contributed by atoms with Crippen LogP contribution in [0.4, 0.5) is 0 Å². The summed E-state index contributed by atoms with van der Waals surface area (Å²) >= 11 is 0. The first kappa shape index (κ1) is 25.3. The smallest absolute Gasteiger partial charge is 0.191 e. The van der Waals surface area contributed by atoms with Crippen LogP contribution in [0.3, 0.4) is 0 Å². The topological polar surface area (TPSA) is 77.0 Å². The molecule has 2 N–H and O–H groups in total. The second-order valence-corrected chi connectivity index (χ2v) is 6.63. The SMILES string of the molecule is CN=C(NCCOc1ccc(OC)cc1)NCc1ccc(OCc2ccccn2)cc1.I. The molecule has 1 heterocycles. The number of nitrogens with one attached hydrogen (secondary N) is 2. The molecule has 1 aromatic heterocycles. The van der Waals surface area contributed by atoms with Gasteiger partial charge in [-0.25, -0.2) is 0 Å². The third kappa shape index (κ3) is 8.62. The molecule has 0 saturated carbocycles. The van der Waals surface area contributed by atoms with E-state index in [1.165, 1.54) is 0 Å². The van der Waals surface area contributed by atoms with Gasteiger partial charge in [-0.3, -0.25) is 9.98 Å². The minimum absolute atomic E-state index is 0. The number of hydrogen-bond acceptors (Lipinski definition) is 5. The van der Waals surface area contributed by atoms with Gasteiger partial charge < -0.3 is 24.8 Å². The Morgan fingerprint density at radius 1 is 0.875 bits per heavy atom. The van der Waals surface area contributed by atoms with Crippen LogP contribution in [0.1, 0.15) is 11.3 Å². The number of aliphatic imine (C=N–C) groups is 1. The minimum Gasteiger partial charge on any atom is -0.497 e. The Hall–Kier alpha value is -3.01. The zero-order valence-electron chi connectivity index (χ0n) is 18.3. The molecule has 3 rings (SSSR count). The maximum absolute atomic E-state index is 5.77. The number of ether oxygens (including phenoxy) is 3. The summed E-state index contributed by atoms with van der Waals surface area (Å²) in [6, 6.07) is 21.3. The van der Waals surface area contributed by atoms with Gasteiger partial charge in [-0.05, 0) is 54.1 Å². The Labute approximate surface area is 206 Å². The Bertz CT molecular complexity index is 936. The van der Waals surface area contributed by atoms with E-state index in [1.54, 1.807) is 20.4 Å². The first-order valence-corrected chi connectivity index (χ1v) is 10.1. The quantitative estimate of drug-likeness (QED) is 0.173. The molecule has 170 valence electrons. The van der Waals surface area contributed by atoms with Crippen LogP contribution in [0.5, 0.6) is 17.2 Å². The summed E-state index contributed by atoms with van der Waals surface area (Å²) in [6.07, 6.45) is 1.76. The lowest BCUT2D eigenvalue weighted by Crippen LogP contribution is -2.38. The van der Waals surface area contributed by atoms with Gasteiger partial charge in [0.1, 0.15) is 30.5 Å². The van der Waals surface area contributed by atoms with Crippen LogP contribution in [-0.2, 0) is 13.2 Å². The number of rotatable bonds is 10.